The molecule has 0 saturated heterocycles. The third-order valence-corrected chi connectivity index (χ3v) is 0.841. The van der Waals surface area contributed by atoms with E-state index in [0.29, 0.717) is 0 Å². The predicted molar refractivity (Wildman–Crippen MR) is 38.3 cm³/mol. The van der Waals surface area contributed by atoms with E-state index in [4.69, 9.17) is 0 Å². The Morgan fingerprint density at radius 3 is 2.11 bits per heavy atom. The van der Waals surface area contributed by atoms with Crippen LogP contribution in [0.2, 0.25) is 0 Å². The van der Waals surface area contributed by atoms with Crippen molar-refractivity contribution in [3.63, 3.8) is 0 Å². The van der Waals surface area contributed by atoms with Gasteiger partial charge in [0.1, 0.15) is 0 Å². The first kappa shape index (κ1) is 8.75. The number of halogens is 1. The lowest BCUT2D eigenvalue weighted by molar-refractivity contribution is 0.201. The van der Waals surface area contributed by atoms with Gasteiger partial charge in [0.25, 0.3) is 0 Å². The Labute approximate surface area is 63.2 Å². The number of carbonyl (C=O) groups excluding carboxylic acids is 1. The molecule has 0 aromatic rings. The minimum Gasteiger partial charge on any atom is -0.367 e. The van der Waals surface area contributed by atoms with Crippen LogP contribution in [0.3, 0.4) is 0 Å². The molecule has 0 spiro atoms. The van der Waals surface area contributed by atoms with Crippen molar-refractivity contribution < 1.29 is 8.62 Å². The summed E-state index contributed by atoms with van der Waals surface area (Å²) in [6.45, 7) is 5.62. The SMILES string of the molecule is CC(C)(C)NC(=O)OBr. The van der Waals surface area contributed by atoms with Crippen LogP contribution >= 0.6 is 16.3 Å². The zero-order valence-corrected chi connectivity index (χ0v) is 7.28. The van der Waals surface area contributed by atoms with Crippen LogP contribution in [0.5, 0.6) is 0 Å². The molecular formula is C5H10BrNO2. The molecule has 4 heteroatoms. The molecule has 0 unspecified atom stereocenters. The Bertz CT molecular complexity index is 108. The number of amides is 1. The predicted octanol–water partition coefficient (Wildman–Crippen LogP) is 1.82. The van der Waals surface area contributed by atoms with Crippen LogP contribution in [0, 0.1) is 0 Å². The number of carbonyl (C=O) groups is 1. The summed E-state index contributed by atoms with van der Waals surface area (Å²) in [6, 6.07) is 0. The highest BCUT2D eigenvalue weighted by atomic mass is 79.9. The van der Waals surface area contributed by atoms with Gasteiger partial charge < -0.3 is 9.15 Å². The van der Waals surface area contributed by atoms with Crippen molar-refractivity contribution in [2.24, 2.45) is 0 Å². The first-order valence-corrected chi connectivity index (χ1v) is 3.21. The molecule has 54 valence electrons. The molecular weight excluding hydrogens is 186 g/mol. The van der Waals surface area contributed by atoms with Gasteiger partial charge in [-0.2, -0.15) is 0 Å². The molecule has 1 N–H and O–H groups in total. The van der Waals surface area contributed by atoms with Crippen molar-refractivity contribution in [1.82, 2.24) is 5.32 Å². The van der Waals surface area contributed by atoms with Crippen LogP contribution in [-0.4, -0.2) is 11.6 Å². The molecule has 1 amide bonds. The number of hydrogen-bond acceptors (Lipinski definition) is 2. The van der Waals surface area contributed by atoms with Gasteiger partial charge in [-0.05, 0) is 20.8 Å². The molecule has 0 rings (SSSR count). The fraction of sp³-hybridized carbons (Fsp3) is 0.800. The molecule has 0 aliphatic rings. The number of nitrogens with one attached hydrogen (secondary N) is 1. The van der Waals surface area contributed by atoms with Crippen molar-refractivity contribution in [3.05, 3.63) is 0 Å². The van der Waals surface area contributed by atoms with Crippen LogP contribution in [-0.2, 0) is 3.83 Å². The molecule has 0 aromatic carbocycles. The minimum absolute atomic E-state index is 0.231. The Morgan fingerprint density at radius 1 is 1.56 bits per heavy atom. The monoisotopic (exact) mass is 195 g/mol. The van der Waals surface area contributed by atoms with Gasteiger partial charge in [0, 0.05) is 5.54 Å². The van der Waals surface area contributed by atoms with Crippen LogP contribution in [0.1, 0.15) is 20.8 Å². The van der Waals surface area contributed by atoms with Crippen LogP contribution < -0.4 is 5.32 Å². The van der Waals surface area contributed by atoms with Gasteiger partial charge >= 0.3 is 6.09 Å². The lowest BCUT2D eigenvalue weighted by atomic mass is 10.1. The summed E-state index contributed by atoms with van der Waals surface area (Å²) in [5, 5.41) is 2.56. The maximum atomic E-state index is 10.4. The third-order valence-electron chi connectivity index (χ3n) is 0.547. The van der Waals surface area contributed by atoms with E-state index in [-0.39, 0.29) is 5.54 Å². The van der Waals surface area contributed by atoms with E-state index in [1.54, 1.807) is 0 Å². The molecule has 0 radical (unpaired) electrons. The van der Waals surface area contributed by atoms with Crippen molar-refractivity contribution >= 4 is 22.4 Å². The Balaban J connectivity index is 3.60. The van der Waals surface area contributed by atoms with Crippen LogP contribution in [0.15, 0.2) is 0 Å². The van der Waals surface area contributed by atoms with E-state index in [1.165, 1.54) is 0 Å². The topological polar surface area (TPSA) is 38.3 Å². The van der Waals surface area contributed by atoms with Gasteiger partial charge in [-0.3, -0.25) is 0 Å². The summed E-state index contributed by atoms with van der Waals surface area (Å²) in [4.78, 5) is 10.4. The van der Waals surface area contributed by atoms with E-state index >= 15 is 0 Å². The van der Waals surface area contributed by atoms with Gasteiger partial charge in [-0.25, -0.2) is 4.79 Å². The second-order valence-electron chi connectivity index (χ2n) is 2.74. The van der Waals surface area contributed by atoms with E-state index in [0.717, 1.165) is 0 Å². The molecule has 9 heavy (non-hydrogen) atoms. The fourth-order valence-electron chi connectivity index (χ4n) is 0.325. The second-order valence-corrected chi connectivity index (χ2v) is 3.06. The molecule has 0 heterocycles. The molecule has 0 aliphatic heterocycles. The Kier molecular flexibility index (Phi) is 2.97. The lowest BCUT2D eigenvalue weighted by Crippen LogP contribution is -2.39. The van der Waals surface area contributed by atoms with Gasteiger partial charge in [0.15, 0.2) is 16.3 Å². The van der Waals surface area contributed by atoms with Crippen molar-refractivity contribution in [2.45, 2.75) is 26.3 Å². The summed E-state index contributed by atoms with van der Waals surface area (Å²) in [6.07, 6.45) is -0.470. The van der Waals surface area contributed by atoms with Gasteiger partial charge in [-0.15, -0.1) is 0 Å². The van der Waals surface area contributed by atoms with Crippen molar-refractivity contribution in [2.75, 3.05) is 0 Å². The van der Waals surface area contributed by atoms with Gasteiger partial charge in [0.05, 0.1) is 0 Å². The smallest absolute Gasteiger partial charge is 0.367 e. The van der Waals surface area contributed by atoms with E-state index in [9.17, 15) is 4.79 Å². The molecule has 0 bridgehead atoms. The Morgan fingerprint density at radius 2 is 2.00 bits per heavy atom. The quantitative estimate of drug-likeness (QED) is 0.641. The normalized spacial score (nSPS) is 10.7. The lowest BCUT2D eigenvalue weighted by Gasteiger charge is -2.17. The van der Waals surface area contributed by atoms with Crippen LogP contribution in [0.4, 0.5) is 4.79 Å². The summed E-state index contributed by atoms with van der Waals surface area (Å²) in [5.74, 6) is 0. The summed E-state index contributed by atoms with van der Waals surface area (Å²) < 4.78 is 4.19. The molecule has 0 aromatic heterocycles. The summed E-state index contributed by atoms with van der Waals surface area (Å²) in [5.41, 5.74) is -0.231. The highest BCUT2D eigenvalue weighted by Gasteiger charge is 2.13. The molecule has 0 atom stereocenters. The summed E-state index contributed by atoms with van der Waals surface area (Å²) in [7, 11) is 0. The molecule has 0 fully saturated rings. The van der Waals surface area contributed by atoms with Crippen molar-refractivity contribution in [3.8, 4) is 0 Å². The maximum Gasteiger partial charge on any atom is 0.419 e. The minimum atomic E-state index is -0.470. The summed E-state index contributed by atoms with van der Waals surface area (Å²) >= 11 is 2.56. The zero-order valence-electron chi connectivity index (χ0n) is 5.69. The zero-order chi connectivity index (χ0) is 7.49. The molecule has 3 nitrogen and oxygen atoms in total. The average molecular weight is 196 g/mol. The van der Waals surface area contributed by atoms with Crippen molar-refractivity contribution in [1.29, 1.82) is 0 Å². The Hall–Kier alpha value is -0.250. The number of hydrogen-bond donors (Lipinski definition) is 1. The highest BCUT2D eigenvalue weighted by molar-refractivity contribution is 9.06. The van der Waals surface area contributed by atoms with Gasteiger partial charge in [0.2, 0.25) is 0 Å². The molecule has 0 aliphatic carbocycles. The average Bonchev–Trinajstić information content (AvgIpc) is 1.62. The fourth-order valence-corrected chi connectivity index (χ4v) is 0.406. The first-order chi connectivity index (χ1) is 3.95. The van der Waals surface area contributed by atoms with E-state index in [1.807, 2.05) is 20.8 Å². The number of rotatable bonds is 0. The van der Waals surface area contributed by atoms with E-state index < -0.39 is 6.09 Å². The van der Waals surface area contributed by atoms with E-state index in [2.05, 4.69) is 25.4 Å². The first-order valence-electron chi connectivity index (χ1n) is 2.56. The molecule has 0 saturated carbocycles. The largest absolute Gasteiger partial charge is 0.419 e. The second kappa shape index (κ2) is 3.06. The maximum absolute atomic E-state index is 10.4. The van der Waals surface area contributed by atoms with Gasteiger partial charge in [-0.1, -0.05) is 0 Å². The highest BCUT2D eigenvalue weighted by Crippen LogP contribution is 1.99. The van der Waals surface area contributed by atoms with Crippen LogP contribution in [0.25, 0.3) is 0 Å². The third kappa shape index (κ3) is 5.62. The standard InChI is InChI=1S/C5H10BrNO2/c1-5(2,3)7-4(8)9-6/h1-3H3,(H,7,8).